The molecule has 1 aromatic carbocycles. The minimum atomic E-state index is 0.278. The molecule has 0 aliphatic carbocycles. The van der Waals surface area contributed by atoms with E-state index in [0.29, 0.717) is 6.54 Å². The Bertz CT molecular complexity index is 476. The SMILES string of the molecule is C/C(=C\c1ccc2c(c1)OCO2)CN=[N+]=[N-]. The largest absolute Gasteiger partial charge is 0.454 e. The molecule has 0 aromatic heterocycles. The van der Waals surface area contributed by atoms with E-state index in [2.05, 4.69) is 10.0 Å². The van der Waals surface area contributed by atoms with Gasteiger partial charge in [-0.05, 0) is 30.2 Å². The van der Waals surface area contributed by atoms with Crippen LogP contribution in [0.25, 0.3) is 16.5 Å². The molecule has 0 fully saturated rings. The van der Waals surface area contributed by atoms with Gasteiger partial charge in [0, 0.05) is 11.5 Å². The Morgan fingerprint density at radius 3 is 3.12 bits per heavy atom. The topological polar surface area (TPSA) is 67.2 Å². The van der Waals surface area contributed by atoms with E-state index in [9.17, 15) is 0 Å². The van der Waals surface area contributed by atoms with Gasteiger partial charge in [-0.2, -0.15) is 0 Å². The van der Waals surface area contributed by atoms with Crippen molar-refractivity contribution in [1.29, 1.82) is 0 Å². The van der Waals surface area contributed by atoms with E-state index in [4.69, 9.17) is 15.0 Å². The summed E-state index contributed by atoms with van der Waals surface area (Å²) in [5.41, 5.74) is 10.2. The van der Waals surface area contributed by atoms with Gasteiger partial charge in [-0.3, -0.25) is 0 Å². The molecule has 1 aromatic rings. The zero-order chi connectivity index (χ0) is 11.4. The van der Waals surface area contributed by atoms with Crippen LogP contribution in [0.15, 0.2) is 28.9 Å². The molecule has 0 N–H and O–H groups in total. The number of ether oxygens (including phenoxy) is 2. The number of azide groups is 1. The lowest BCUT2D eigenvalue weighted by atomic mass is 10.1. The van der Waals surface area contributed by atoms with E-state index in [1.807, 2.05) is 31.2 Å². The summed E-state index contributed by atoms with van der Waals surface area (Å²) in [5, 5.41) is 3.50. The van der Waals surface area contributed by atoms with Crippen molar-refractivity contribution in [2.75, 3.05) is 13.3 Å². The number of fused-ring (bicyclic) bond motifs is 1. The van der Waals surface area contributed by atoms with Crippen LogP contribution in [0.5, 0.6) is 11.5 Å². The Labute approximate surface area is 92.9 Å². The van der Waals surface area contributed by atoms with Gasteiger partial charge >= 0.3 is 0 Å². The van der Waals surface area contributed by atoms with Crippen molar-refractivity contribution in [1.82, 2.24) is 0 Å². The van der Waals surface area contributed by atoms with Gasteiger partial charge in [-0.1, -0.05) is 22.8 Å². The predicted molar refractivity (Wildman–Crippen MR) is 60.2 cm³/mol. The number of rotatable bonds is 3. The minimum absolute atomic E-state index is 0.278. The molecule has 1 aliphatic rings. The van der Waals surface area contributed by atoms with Crippen LogP contribution in [-0.2, 0) is 0 Å². The van der Waals surface area contributed by atoms with Crippen molar-refractivity contribution in [2.45, 2.75) is 6.92 Å². The molecule has 0 saturated heterocycles. The highest BCUT2D eigenvalue weighted by atomic mass is 16.7. The summed E-state index contributed by atoms with van der Waals surface area (Å²) in [6.07, 6.45) is 1.96. The second kappa shape index (κ2) is 4.59. The first kappa shape index (κ1) is 10.4. The zero-order valence-corrected chi connectivity index (χ0v) is 8.88. The average Bonchev–Trinajstić information content (AvgIpc) is 2.73. The minimum Gasteiger partial charge on any atom is -0.454 e. The Morgan fingerprint density at radius 2 is 2.31 bits per heavy atom. The fourth-order valence-corrected chi connectivity index (χ4v) is 1.48. The van der Waals surface area contributed by atoms with Gasteiger partial charge < -0.3 is 9.47 Å². The lowest BCUT2D eigenvalue weighted by molar-refractivity contribution is 0.174. The van der Waals surface area contributed by atoms with Gasteiger partial charge in [0.1, 0.15) is 0 Å². The first-order chi connectivity index (χ1) is 7.79. The summed E-state index contributed by atoms with van der Waals surface area (Å²) in [4.78, 5) is 2.71. The van der Waals surface area contributed by atoms with E-state index in [-0.39, 0.29) is 6.79 Å². The van der Waals surface area contributed by atoms with Crippen LogP contribution in [0.4, 0.5) is 0 Å². The van der Waals surface area contributed by atoms with Crippen LogP contribution in [0.3, 0.4) is 0 Å². The first-order valence-electron chi connectivity index (χ1n) is 4.87. The maximum absolute atomic E-state index is 8.20. The lowest BCUT2D eigenvalue weighted by Gasteiger charge is -1.99. The number of hydrogen-bond donors (Lipinski definition) is 0. The highest BCUT2D eigenvalue weighted by molar-refractivity contribution is 5.58. The molecule has 0 unspecified atom stereocenters. The molecule has 0 bridgehead atoms. The highest BCUT2D eigenvalue weighted by Gasteiger charge is 2.12. The van der Waals surface area contributed by atoms with E-state index in [1.165, 1.54) is 0 Å². The van der Waals surface area contributed by atoms with Crippen LogP contribution in [0.2, 0.25) is 0 Å². The summed E-state index contributed by atoms with van der Waals surface area (Å²) < 4.78 is 10.5. The Balaban J connectivity index is 2.18. The third kappa shape index (κ3) is 2.27. The molecule has 0 radical (unpaired) electrons. The van der Waals surface area contributed by atoms with Crippen LogP contribution in [-0.4, -0.2) is 13.3 Å². The van der Waals surface area contributed by atoms with Crippen molar-refractivity contribution >= 4 is 6.08 Å². The Morgan fingerprint density at radius 1 is 1.50 bits per heavy atom. The molecule has 5 heteroatoms. The number of nitrogens with zero attached hydrogens (tertiary/aromatic N) is 3. The Hall–Kier alpha value is -2.13. The molecule has 5 nitrogen and oxygen atoms in total. The monoisotopic (exact) mass is 217 g/mol. The summed E-state index contributed by atoms with van der Waals surface area (Å²) in [6.45, 7) is 2.57. The molecule has 1 aliphatic heterocycles. The summed E-state index contributed by atoms with van der Waals surface area (Å²) >= 11 is 0. The van der Waals surface area contributed by atoms with Gasteiger partial charge in [-0.15, -0.1) is 0 Å². The Kier molecular flexibility index (Phi) is 2.98. The maximum atomic E-state index is 8.20. The van der Waals surface area contributed by atoms with Crippen LogP contribution >= 0.6 is 0 Å². The van der Waals surface area contributed by atoms with Gasteiger partial charge in [0.15, 0.2) is 11.5 Å². The van der Waals surface area contributed by atoms with Crippen LogP contribution < -0.4 is 9.47 Å². The molecule has 0 amide bonds. The fourth-order valence-electron chi connectivity index (χ4n) is 1.48. The third-order valence-corrected chi connectivity index (χ3v) is 2.19. The smallest absolute Gasteiger partial charge is 0.231 e. The second-order valence-electron chi connectivity index (χ2n) is 3.49. The van der Waals surface area contributed by atoms with Crippen molar-refractivity contribution in [3.8, 4) is 11.5 Å². The van der Waals surface area contributed by atoms with Crippen molar-refractivity contribution in [3.63, 3.8) is 0 Å². The van der Waals surface area contributed by atoms with E-state index >= 15 is 0 Å². The summed E-state index contributed by atoms with van der Waals surface area (Å²) in [5.74, 6) is 1.52. The fraction of sp³-hybridized carbons (Fsp3) is 0.273. The van der Waals surface area contributed by atoms with Crippen LogP contribution in [0.1, 0.15) is 12.5 Å². The second-order valence-corrected chi connectivity index (χ2v) is 3.49. The summed E-state index contributed by atoms with van der Waals surface area (Å²) in [6, 6.07) is 5.71. The van der Waals surface area contributed by atoms with Crippen molar-refractivity contribution < 1.29 is 9.47 Å². The van der Waals surface area contributed by atoms with E-state index < -0.39 is 0 Å². The molecule has 0 saturated carbocycles. The van der Waals surface area contributed by atoms with Crippen LogP contribution in [0, 0.1) is 0 Å². The van der Waals surface area contributed by atoms with Gasteiger partial charge in [-0.25, -0.2) is 0 Å². The van der Waals surface area contributed by atoms with Gasteiger partial charge in [0.2, 0.25) is 6.79 Å². The molecule has 82 valence electrons. The predicted octanol–water partition coefficient (Wildman–Crippen LogP) is 3.13. The molecule has 1 heterocycles. The molecule has 2 rings (SSSR count). The first-order valence-corrected chi connectivity index (χ1v) is 4.87. The molecular weight excluding hydrogens is 206 g/mol. The average molecular weight is 217 g/mol. The molecule has 0 atom stereocenters. The van der Waals surface area contributed by atoms with E-state index in [1.54, 1.807) is 0 Å². The highest BCUT2D eigenvalue weighted by Crippen LogP contribution is 2.32. The quantitative estimate of drug-likeness (QED) is 0.443. The number of hydrogen-bond acceptors (Lipinski definition) is 3. The standard InChI is InChI=1S/C11H11N3O2/c1-8(6-13-14-12)4-9-2-3-10-11(5-9)16-7-15-10/h2-5H,6-7H2,1H3/b8-4+. The molecule has 16 heavy (non-hydrogen) atoms. The van der Waals surface area contributed by atoms with Crippen molar-refractivity contribution in [2.24, 2.45) is 5.11 Å². The normalized spacial score (nSPS) is 13.4. The molecular formula is C11H11N3O2. The third-order valence-electron chi connectivity index (χ3n) is 2.19. The van der Waals surface area contributed by atoms with Gasteiger partial charge in [0.05, 0.1) is 0 Å². The molecule has 0 spiro atoms. The summed E-state index contributed by atoms with van der Waals surface area (Å²) in [7, 11) is 0. The maximum Gasteiger partial charge on any atom is 0.231 e. The number of benzene rings is 1. The van der Waals surface area contributed by atoms with E-state index in [0.717, 1.165) is 22.6 Å². The lowest BCUT2D eigenvalue weighted by Crippen LogP contribution is -1.92. The van der Waals surface area contributed by atoms with Gasteiger partial charge in [0.25, 0.3) is 0 Å². The zero-order valence-electron chi connectivity index (χ0n) is 8.88. The van der Waals surface area contributed by atoms with Crippen molar-refractivity contribution in [3.05, 3.63) is 39.8 Å².